The molecule has 144 valence electrons. The van der Waals surface area contributed by atoms with E-state index in [1.165, 1.54) is 18.9 Å². The van der Waals surface area contributed by atoms with E-state index in [1.807, 2.05) is 13.8 Å². The maximum Gasteiger partial charge on any atom is 0.255 e. The fourth-order valence-electron chi connectivity index (χ4n) is 2.57. The molecular weight excluding hydrogens is 332 g/mol. The van der Waals surface area contributed by atoms with Gasteiger partial charge in [-0.3, -0.25) is 19.2 Å². The second kappa shape index (κ2) is 12.0. The summed E-state index contributed by atoms with van der Waals surface area (Å²) in [6.07, 6.45) is 1.56. The molecule has 0 radical (unpaired) electrons. The van der Waals surface area contributed by atoms with E-state index in [2.05, 4.69) is 5.32 Å². The minimum atomic E-state index is -0.689. The zero-order valence-electron chi connectivity index (χ0n) is 16.6. The van der Waals surface area contributed by atoms with Crippen LogP contribution in [0.2, 0.25) is 0 Å². The lowest BCUT2D eigenvalue weighted by molar-refractivity contribution is -0.122. The van der Waals surface area contributed by atoms with Crippen molar-refractivity contribution in [1.29, 1.82) is 0 Å². The Kier molecular flexibility index (Phi) is 10.8. The predicted molar refractivity (Wildman–Crippen MR) is 104 cm³/mol. The lowest BCUT2D eigenvalue weighted by atomic mass is 10.0. The molecule has 0 spiro atoms. The Balaban J connectivity index is 0.00000301. The summed E-state index contributed by atoms with van der Waals surface area (Å²) in [5.74, 6) is -0.557. The molecule has 0 saturated carbocycles. The zero-order valence-corrected chi connectivity index (χ0v) is 16.6. The van der Waals surface area contributed by atoms with Crippen molar-refractivity contribution in [3.05, 3.63) is 29.3 Å². The Morgan fingerprint density at radius 3 is 2.31 bits per heavy atom. The topological polar surface area (TPSA) is 83.6 Å². The van der Waals surface area contributed by atoms with Crippen LogP contribution < -0.4 is 5.32 Å². The fraction of sp³-hybridized carbons (Fsp3) is 0.500. The van der Waals surface area contributed by atoms with Crippen LogP contribution in [-0.4, -0.2) is 48.8 Å². The molecule has 0 fully saturated rings. The minimum Gasteiger partial charge on any atom is -0.388 e. The van der Waals surface area contributed by atoms with Crippen molar-refractivity contribution in [3.63, 3.8) is 0 Å². The molecule has 1 atom stereocenters. The summed E-state index contributed by atoms with van der Waals surface area (Å²) in [7, 11) is 3.18. The third-order valence-corrected chi connectivity index (χ3v) is 4.07. The maximum atomic E-state index is 12.8. The van der Waals surface area contributed by atoms with Crippen molar-refractivity contribution >= 4 is 29.4 Å². The van der Waals surface area contributed by atoms with Crippen molar-refractivity contribution in [2.45, 2.75) is 53.0 Å². The van der Waals surface area contributed by atoms with Crippen LogP contribution in [0.25, 0.3) is 0 Å². The maximum absolute atomic E-state index is 12.8. The van der Waals surface area contributed by atoms with Crippen LogP contribution in [-0.2, 0) is 9.59 Å². The Morgan fingerprint density at radius 2 is 1.85 bits per heavy atom. The van der Waals surface area contributed by atoms with Crippen LogP contribution >= 0.6 is 0 Å². The van der Waals surface area contributed by atoms with Crippen molar-refractivity contribution in [2.24, 2.45) is 0 Å². The number of nitrogens with zero attached hydrogens (tertiary/aromatic N) is 1. The number of amides is 1. The monoisotopic (exact) mass is 362 g/mol. The molecule has 0 aliphatic rings. The lowest BCUT2D eigenvalue weighted by Crippen LogP contribution is -2.42. The van der Waals surface area contributed by atoms with Crippen LogP contribution in [0, 0.1) is 0 Å². The normalized spacial score (nSPS) is 10.8. The number of ketones is 2. The molecule has 1 aromatic rings. The van der Waals surface area contributed by atoms with E-state index in [0.29, 0.717) is 18.4 Å². The Morgan fingerprint density at radius 1 is 1.23 bits per heavy atom. The van der Waals surface area contributed by atoms with Gasteiger partial charge in [-0.25, -0.2) is 0 Å². The van der Waals surface area contributed by atoms with Gasteiger partial charge in [0.05, 0.1) is 17.2 Å². The van der Waals surface area contributed by atoms with Gasteiger partial charge >= 0.3 is 0 Å². The zero-order chi connectivity index (χ0) is 20.3. The number of rotatable bonds is 9. The first-order valence-electron chi connectivity index (χ1n) is 8.92. The molecule has 1 aromatic carbocycles. The van der Waals surface area contributed by atoms with E-state index in [-0.39, 0.29) is 35.5 Å². The number of hydrogen-bond donors (Lipinski definition) is 1. The predicted octanol–water partition coefficient (Wildman–Crippen LogP) is 3.36. The number of carbonyl (C=O) groups excluding carboxylic acids is 4. The second-order valence-electron chi connectivity index (χ2n) is 5.61. The first-order valence-corrected chi connectivity index (χ1v) is 8.92. The molecule has 26 heavy (non-hydrogen) atoms. The molecule has 0 bridgehead atoms. The number of aldehydes is 1. The van der Waals surface area contributed by atoms with Crippen LogP contribution in [0.1, 0.15) is 67.7 Å². The SMILES string of the molecule is CC.CCC(=O)CCC(C(C)=O)N(C)C(=O)c1cccc(NC)c1C=O. The molecule has 1 rings (SSSR count). The van der Waals surface area contributed by atoms with E-state index in [0.717, 1.165) is 0 Å². The molecule has 6 heteroatoms. The molecule has 0 saturated heterocycles. The van der Waals surface area contributed by atoms with Gasteiger partial charge in [0.2, 0.25) is 0 Å². The standard InChI is InChI=1S/C18H24N2O4.C2H6/c1-5-13(23)9-10-17(12(2)22)20(4)18(24)14-7-6-8-16(19-3)15(14)11-21;1-2/h6-8,11,17,19H,5,9-10H2,1-4H3;1-2H3. The molecule has 1 N–H and O–H groups in total. The highest BCUT2D eigenvalue weighted by atomic mass is 16.2. The van der Waals surface area contributed by atoms with E-state index >= 15 is 0 Å². The van der Waals surface area contributed by atoms with Gasteiger partial charge in [-0.1, -0.05) is 26.8 Å². The lowest BCUT2D eigenvalue weighted by Gasteiger charge is -2.27. The number of nitrogens with one attached hydrogen (secondary N) is 1. The van der Waals surface area contributed by atoms with E-state index in [1.54, 1.807) is 32.2 Å². The number of benzene rings is 1. The quantitative estimate of drug-likeness (QED) is 0.681. The summed E-state index contributed by atoms with van der Waals surface area (Å²) in [5, 5.41) is 2.87. The molecule has 1 amide bonds. The highest BCUT2D eigenvalue weighted by Gasteiger charge is 2.27. The van der Waals surface area contributed by atoms with Gasteiger partial charge in [-0.2, -0.15) is 0 Å². The summed E-state index contributed by atoms with van der Waals surface area (Å²) < 4.78 is 0. The van der Waals surface area contributed by atoms with E-state index in [9.17, 15) is 19.2 Å². The molecule has 0 aliphatic carbocycles. The van der Waals surface area contributed by atoms with Gasteiger partial charge in [0, 0.05) is 32.6 Å². The third kappa shape index (κ3) is 6.10. The fourth-order valence-corrected chi connectivity index (χ4v) is 2.57. The van der Waals surface area contributed by atoms with Gasteiger partial charge in [-0.15, -0.1) is 0 Å². The highest BCUT2D eigenvalue weighted by Crippen LogP contribution is 2.21. The highest BCUT2D eigenvalue weighted by molar-refractivity contribution is 6.05. The summed E-state index contributed by atoms with van der Waals surface area (Å²) in [4.78, 5) is 48.9. The number of Topliss-reactive ketones (excluding diaryl/α,β-unsaturated/α-hetero) is 2. The average molecular weight is 362 g/mol. The van der Waals surface area contributed by atoms with Crippen molar-refractivity contribution in [1.82, 2.24) is 4.90 Å². The summed E-state index contributed by atoms with van der Waals surface area (Å²) >= 11 is 0. The van der Waals surface area contributed by atoms with Gasteiger partial charge in [0.1, 0.15) is 5.78 Å². The van der Waals surface area contributed by atoms with Gasteiger partial charge in [0.15, 0.2) is 12.1 Å². The number of likely N-dealkylation sites (N-methyl/N-ethyl adjacent to an activating group) is 1. The largest absolute Gasteiger partial charge is 0.388 e. The second-order valence-corrected chi connectivity index (χ2v) is 5.61. The first-order chi connectivity index (χ1) is 12.4. The van der Waals surface area contributed by atoms with Gasteiger partial charge in [0.25, 0.3) is 5.91 Å². The van der Waals surface area contributed by atoms with E-state index < -0.39 is 11.9 Å². The van der Waals surface area contributed by atoms with Crippen LogP contribution in [0.4, 0.5) is 5.69 Å². The van der Waals surface area contributed by atoms with E-state index in [4.69, 9.17) is 0 Å². The van der Waals surface area contributed by atoms with Gasteiger partial charge < -0.3 is 10.2 Å². The van der Waals surface area contributed by atoms with Crippen molar-refractivity contribution < 1.29 is 19.2 Å². The summed E-state index contributed by atoms with van der Waals surface area (Å²) in [5.41, 5.74) is 1.03. The minimum absolute atomic E-state index is 0.0489. The number of carbonyl (C=O) groups is 4. The third-order valence-electron chi connectivity index (χ3n) is 4.07. The van der Waals surface area contributed by atoms with Crippen LogP contribution in [0.3, 0.4) is 0 Å². The Labute approximate surface area is 156 Å². The van der Waals surface area contributed by atoms with Crippen LogP contribution in [0.5, 0.6) is 0 Å². The molecule has 1 unspecified atom stereocenters. The first kappa shape index (κ1) is 23.5. The molecule has 0 aliphatic heterocycles. The van der Waals surface area contributed by atoms with Gasteiger partial charge in [-0.05, 0) is 25.5 Å². The average Bonchev–Trinajstić information content (AvgIpc) is 2.67. The Hall–Kier alpha value is -2.50. The smallest absolute Gasteiger partial charge is 0.255 e. The molecule has 0 aromatic heterocycles. The summed E-state index contributed by atoms with van der Waals surface area (Å²) in [6.45, 7) is 7.16. The summed E-state index contributed by atoms with van der Waals surface area (Å²) in [6, 6.07) is 4.23. The molecular formula is C20H30N2O4. The molecule has 6 nitrogen and oxygen atoms in total. The Bertz CT molecular complexity index is 641. The number of hydrogen-bond acceptors (Lipinski definition) is 5. The van der Waals surface area contributed by atoms with Crippen molar-refractivity contribution in [3.8, 4) is 0 Å². The van der Waals surface area contributed by atoms with Crippen molar-refractivity contribution in [2.75, 3.05) is 19.4 Å². The van der Waals surface area contributed by atoms with Crippen LogP contribution in [0.15, 0.2) is 18.2 Å². The molecule has 0 heterocycles. The number of anilines is 1.